The molecule has 29 heavy (non-hydrogen) atoms. The molecule has 0 unspecified atom stereocenters. The van der Waals surface area contributed by atoms with Crippen molar-refractivity contribution in [1.29, 1.82) is 5.26 Å². The lowest BCUT2D eigenvalue weighted by molar-refractivity contribution is -0.123. The minimum absolute atomic E-state index is 0.112. The Morgan fingerprint density at radius 3 is 2.48 bits per heavy atom. The van der Waals surface area contributed by atoms with Crippen molar-refractivity contribution in [2.24, 2.45) is 0 Å². The number of likely N-dealkylation sites (tertiary alicyclic amines) is 1. The Hall–Kier alpha value is -3.04. The van der Waals surface area contributed by atoms with Crippen molar-refractivity contribution < 1.29 is 14.3 Å². The second-order valence-electron chi connectivity index (χ2n) is 7.07. The highest BCUT2D eigenvalue weighted by molar-refractivity contribution is 5.77. The van der Waals surface area contributed by atoms with E-state index in [2.05, 4.69) is 40.6 Å². The van der Waals surface area contributed by atoms with Gasteiger partial charge in [0.15, 0.2) is 18.1 Å². The standard InChI is InChI=1S/C23H27N3O3/c1-2-28-22-13-20(14-24)9-10-21(22)29-17-23(27)25-15-18-5-7-19(8-6-18)16-26-11-3-4-12-26/h5-10,13H,2-4,11-12,15-17H2,1H3,(H,25,27). The van der Waals surface area contributed by atoms with Gasteiger partial charge in [-0.15, -0.1) is 0 Å². The predicted molar refractivity (Wildman–Crippen MR) is 111 cm³/mol. The van der Waals surface area contributed by atoms with Crippen molar-refractivity contribution in [3.63, 3.8) is 0 Å². The predicted octanol–water partition coefficient (Wildman–Crippen LogP) is 3.25. The fraction of sp³-hybridized carbons (Fsp3) is 0.391. The molecule has 2 aromatic rings. The summed E-state index contributed by atoms with van der Waals surface area (Å²) in [5, 5.41) is 11.9. The number of hydrogen-bond acceptors (Lipinski definition) is 5. The number of carbonyl (C=O) groups excluding carboxylic acids is 1. The molecule has 1 amide bonds. The molecule has 0 radical (unpaired) electrons. The zero-order chi connectivity index (χ0) is 20.5. The highest BCUT2D eigenvalue weighted by Crippen LogP contribution is 2.28. The van der Waals surface area contributed by atoms with E-state index in [0.29, 0.717) is 30.2 Å². The average Bonchev–Trinajstić information content (AvgIpc) is 3.25. The Morgan fingerprint density at radius 1 is 1.07 bits per heavy atom. The zero-order valence-corrected chi connectivity index (χ0v) is 16.8. The third-order valence-corrected chi connectivity index (χ3v) is 4.85. The van der Waals surface area contributed by atoms with Crippen molar-refractivity contribution in [3.05, 3.63) is 59.2 Å². The summed E-state index contributed by atoms with van der Waals surface area (Å²) in [6.45, 7) is 6.01. The van der Waals surface area contributed by atoms with E-state index in [1.165, 1.54) is 31.5 Å². The second-order valence-corrected chi connectivity index (χ2v) is 7.07. The lowest BCUT2D eigenvalue weighted by atomic mass is 10.1. The van der Waals surface area contributed by atoms with Crippen molar-refractivity contribution >= 4 is 5.91 Å². The van der Waals surface area contributed by atoms with Crippen molar-refractivity contribution in [2.75, 3.05) is 26.3 Å². The van der Waals surface area contributed by atoms with Crippen LogP contribution in [0, 0.1) is 11.3 Å². The molecule has 6 nitrogen and oxygen atoms in total. The van der Waals surface area contributed by atoms with Gasteiger partial charge in [0.25, 0.3) is 5.91 Å². The third kappa shape index (κ3) is 6.23. The van der Waals surface area contributed by atoms with Crippen molar-refractivity contribution in [2.45, 2.75) is 32.9 Å². The number of hydrogen-bond donors (Lipinski definition) is 1. The van der Waals surface area contributed by atoms with Crippen molar-refractivity contribution in [3.8, 4) is 17.6 Å². The van der Waals surface area contributed by atoms with Crippen LogP contribution in [-0.4, -0.2) is 37.1 Å². The van der Waals surface area contributed by atoms with Crippen LogP contribution < -0.4 is 14.8 Å². The highest BCUT2D eigenvalue weighted by Gasteiger charge is 2.12. The van der Waals surface area contributed by atoms with E-state index in [1.54, 1.807) is 18.2 Å². The molecule has 1 saturated heterocycles. The van der Waals surface area contributed by atoms with E-state index < -0.39 is 0 Å². The molecule has 3 rings (SSSR count). The molecule has 0 atom stereocenters. The van der Waals surface area contributed by atoms with E-state index in [4.69, 9.17) is 14.7 Å². The number of amides is 1. The summed E-state index contributed by atoms with van der Waals surface area (Å²) in [7, 11) is 0. The number of carbonyl (C=O) groups is 1. The van der Waals surface area contributed by atoms with Gasteiger partial charge < -0.3 is 14.8 Å². The van der Waals surface area contributed by atoms with Crippen LogP contribution >= 0.6 is 0 Å². The summed E-state index contributed by atoms with van der Waals surface area (Å²) in [6.07, 6.45) is 2.58. The van der Waals surface area contributed by atoms with Gasteiger partial charge in [0.2, 0.25) is 0 Å². The fourth-order valence-electron chi connectivity index (χ4n) is 3.32. The van der Waals surface area contributed by atoms with Crippen LogP contribution in [0.1, 0.15) is 36.5 Å². The van der Waals surface area contributed by atoms with Gasteiger partial charge in [0.1, 0.15) is 0 Å². The Balaban J connectivity index is 1.46. The van der Waals surface area contributed by atoms with Gasteiger partial charge >= 0.3 is 0 Å². The number of rotatable bonds is 9. The van der Waals surface area contributed by atoms with Crippen LogP contribution in [0.5, 0.6) is 11.5 Å². The van der Waals surface area contributed by atoms with Gasteiger partial charge in [-0.1, -0.05) is 24.3 Å². The van der Waals surface area contributed by atoms with Crippen LogP contribution in [0.25, 0.3) is 0 Å². The third-order valence-electron chi connectivity index (χ3n) is 4.85. The number of nitrogens with zero attached hydrogens (tertiary/aromatic N) is 2. The van der Waals surface area contributed by atoms with Gasteiger partial charge in [0.05, 0.1) is 18.2 Å². The Labute approximate surface area is 172 Å². The summed E-state index contributed by atoms with van der Waals surface area (Å²) in [5.74, 6) is 0.707. The fourth-order valence-corrected chi connectivity index (χ4v) is 3.32. The maximum atomic E-state index is 12.1. The Kier molecular flexibility index (Phi) is 7.48. The summed E-state index contributed by atoms with van der Waals surface area (Å²) < 4.78 is 11.1. The van der Waals surface area contributed by atoms with E-state index in [-0.39, 0.29) is 12.5 Å². The first-order chi connectivity index (χ1) is 14.2. The van der Waals surface area contributed by atoms with Crippen LogP contribution in [0.2, 0.25) is 0 Å². The van der Waals surface area contributed by atoms with E-state index >= 15 is 0 Å². The van der Waals surface area contributed by atoms with E-state index in [0.717, 1.165) is 12.1 Å². The molecule has 1 N–H and O–H groups in total. The molecule has 1 aliphatic rings. The molecular formula is C23H27N3O3. The average molecular weight is 393 g/mol. The minimum atomic E-state index is -0.210. The molecule has 0 aliphatic carbocycles. The van der Waals surface area contributed by atoms with Gasteiger partial charge in [0, 0.05) is 19.2 Å². The number of benzene rings is 2. The minimum Gasteiger partial charge on any atom is -0.490 e. The first kappa shape index (κ1) is 20.7. The lowest BCUT2D eigenvalue weighted by Crippen LogP contribution is -2.28. The maximum absolute atomic E-state index is 12.1. The quantitative estimate of drug-likeness (QED) is 0.708. The van der Waals surface area contributed by atoms with Gasteiger partial charge in [-0.25, -0.2) is 0 Å². The first-order valence-corrected chi connectivity index (χ1v) is 10.0. The molecule has 0 spiro atoms. The molecule has 1 fully saturated rings. The van der Waals surface area contributed by atoms with Crippen LogP contribution in [0.4, 0.5) is 0 Å². The largest absolute Gasteiger partial charge is 0.490 e. The normalized spacial score (nSPS) is 13.7. The van der Waals surface area contributed by atoms with E-state index in [9.17, 15) is 4.79 Å². The number of nitriles is 1. The molecule has 2 aromatic carbocycles. The monoisotopic (exact) mass is 393 g/mol. The van der Waals surface area contributed by atoms with Gasteiger partial charge in [-0.2, -0.15) is 5.26 Å². The Bertz CT molecular complexity index is 853. The summed E-state index contributed by atoms with van der Waals surface area (Å²) in [6, 6.07) is 15.3. The molecule has 6 heteroatoms. The number of nitrogens with one attached hydrogen (secondary N) is 1. The first-order valence-electron chi connectivity index (χ1n) is 10.0. The zero-order valence-electron chi connectivity index (χ0n) is 16.8. The van der Waals surface area contributed by atoms with Crippen LogP contribution in [-0.2, 0) is 17.9 Å². The smallest absolute Gasteiger partial charge is 0.258 e. The SMILES string of the molecule is CCOc1cc(C#N)ccc1OCC(=O)NCc1ccc(CN2CCCC2)cc1. The second kappa shape index (κ2) is 10.5. The number of ether oxygens (including phenoxy) is 2. The Morgan fingerprint density at radius 2 is 1.79 bits per heavy atom. The highest BCUT2D eigenvalue weighted by atomic mass is 16.5. The molecule has 1 heterocycles. The molecule has 0 saturated carbocycles. The lowest BCUT2D eigenvalue weighted by Gasteiger charge is -2.15. The van der Waals surface area contributed by atoms with Gasteiger partial charge in [-0.05, 0) is 56.1 Å². The molecule has 1 aliphatic heterocycles. The molecule has 0 bridgehead atoms. The topological polar surface area (TPSA) is 74.6 Å². The van der Waals surface area contributed by atoms with Crippen LogP contribution in [0.15, 0.2) is 42.5 Å². The van der Waals surface area contributed by atoms with Crippen LogP contribution in [0.3, 0.4) is 0 Å². The summed E-state index contributed by atoms with van der Waals surface area (Å²) in [5.41, 5.74) is 2.84. The maximum Gasteiger partial charge on any atom is 0.258 e. The van der Waals surface area contributed by atoms with E-state index in [1.807, 2.05) is 6.92 Å². The van der Waals surface area contributed by atoms with Crippen molar-refractivity contribution in [1.82, 2.24) is 10.2 Å². The van der Waals surface area contributed by atoms with Gasteiger partial charge in [-0.3, -0.25) is 9.69 Å². The molecular weight excluding hydrogens is 366 g/mol. The summed E-state index contributed by atoms with van der Waals surface area (Å²) >= 11 is 0. The summed E-state index contributed by atoms with van der Waals surface area (Å²) in [4.78, 5) is 14.6. The molecule has 0 aromatic heterocycles. The molecule has 152 valence electrons.